The molecule has 1 aromatic heterocycles. The molecule has 4 aromatic rings. The van der Waals surface area contributed by atoms with Crippen molar-refractivity contribution in [3.8, 4) is 5.75 Å². The molecule has 5 heteroatoms. The Balaban J connectivity index is 1.32. The molecule has 0 amide bonds. The van der Waals surface area contributed by atoms with Gasteiger partial charge in [-0.2, -0.15) is 0 Å². The zero-order chi connectivity index (χ0) is 24.9. The predicted molar refractivity (Wildman–Crippen MR) is 141 cm³/mol. The quantitative estimate of drug-likeness (QED) is 0.262. The summed E-state index contributed by atoms with van der Waals surface area (Å²) in [6, 6.07) is 25.2. The molecule has 0 fully saturated rings. The van der Waals surface area contributed by atoms with Gasteiger partial charge in [-0.25, -0.2) is 0 Å². The predicted octanol–water partition coefficient (Wildman–Crippen LogP) is 5.93. The lowest BCUT2D eigenvalue weighted by Gasteiger charge is -2.26. The molecule has 3 aromatic carbocycles. The third-order valence-corrected chi connectivity index (χ3v) is 6.97. The molecule has 0 saturated heterocycles. The van der Waals surface area contributed by atoms with E-state index in [1.165, 1.54) is 23.8 Å². The lowest BCUT2D eigenvalue weighted by Crippen LogP contribution is -2.29. The fourth-order valence-corrected chi connectivity index (χ4v) is 5.05. The Labute approximate surface area is 212 Å². The number of benzene rings is 3. The van der Waals surface area contributed by atoms with Crippen molar-refractivity contribution in [3.05, 3.63) is 101 Å². The molecule has 36 heavy (non-hydrogen) atoms. The molecule has 1 atom stereocenters. The van der Waals surface area contributed by atoms with Gasteiger partial charge in [-0.3, -0.25) is 9.69 Å². The van der Waals surface area contributed by atoms with Crippen LogP contribution >= 0.6 is 0 Å². The number of carbonyl (C=O) groups excluding carboxylic acids is 1. The summed E-state index contributed by atoms with van der Waals surface area (Å²) in [6.07, 6.45) is 2.06. The fourth-order valence-electron chi connectivity index (χ4n) is 5.05. The number of carbonyl (C=O) groups is 1. The Morgan fingerprint density at radius 2 is 1.92 bits per heavy atom. The molecule has 186 valence electrons. The number of methoxy groups -OCH3 is 1. The summed E-state index contributed by atoms with van der Waals surface area (Å²) in [7, 11) is 1.41. The van der Waals surface area contributed by atoms with E-state index in [0.717, 1.165) is 67.1 Å². The fraction of sp³-hybridized carbons (Fsp3) is 0.323. The lowest BCUT2D eigenvalue weighted by atomic mass is 10.00. The number of ether oxygens (including phenoxy) is 2. The number of hydrogen-bond donors (Lipinski definition) is 0. The van der Waals surface area contributed by atoms with Crippen LogP contribution in [-0.4, -0.2) is 37.7 Å². The molecule has 0 radical (unpaired) electrons. The Morgan fingerprint density at radius 1 is 1.06 bits per heavy atom. The van der Waals surface area contributed by atoms with Gasteiger partial charge in [0.05, 0.1) is 20.1 Å². The number of rotatable bonds is 10. The van der Waals surface area contributed by atoms with Crippen molar-refractivity contribution in [1.29, 1.82) is 0 Å². The van der Waals surface area contributed by atoms with Crippen LogP contribution in [0.4, 0.5) is 0 Å². The summed E-state index contributed by atoms with van der Waals surface area (Å²) in [5.41, 5.74) is 5.68. The van der Waals surface area contributed by atoms with E-state index < -0.39 is 0 Å². The van der Waals surface area contributed by atoms with E-state index in [4.69, 9.17) is 13.9 Å². The van der Waals surface area contributed by atoms with Crippen LogP contribution in [0.1, 0.15) is 40.9 Å². The minimum Gasteiger partial charge on any atom is -0.493 e. The van der Waals surface area contributed by atoms with E-state index in [9.17, 15) is 4.79 Å². The Hall–Kier alpha value is -3.57. The van der Waals surface area contributed by atoms with Crippen LogP contribution in [-0.2, 0) is 35.3 Å². The Kier molecular flexibility index (Phi) is 7.38. The monoisotopic (exact) mass is 483 g/mol. The van der Waals surface area contributed by atoms with Gasteiger partial charge in [0, 0.05) is 43.4 Å². The van der Waals surface area contributed by atoms with Gasteiger partial charge in [0.1, 0.15) is 17.1 Å². The largest absolute Gasteiger partial charge is 0.493 e. The van der Waals surface area contributed by atoms with Crippen molar-refractivity contribution >= 4 is 16.9 Å². The number of nitrogens with zero attached hydrogens (tertiary/aromatic N) is 1. The maximum atomic E-state index is 11.7. The Bertz CT molecular complexity index is 1330. The molecule has 0 bridgehead atoms. The van der Waals surface area contributed by atoms with Crippen molar-refractivity contribution in [2.45, 2.75) is 38.6 Å². The van der Waals surface area contributed by atoms with Gasteiger partial charge in [-0.05, 0) is 40.8 Å². The van der Waals surface area contributed by atoms with Crippen molar-refractivity contribution in [3.63, 3.8) is 0 Å². The number of esters is 1. The first-order valence-corrected chi connectivity index (χ1v) is 12.7. The molecule has 1 aliphatic heterocycles. The van der Waals surface area contributed by atoms with Crippen molar-refractivity contribution in [2.24, 2.45) is 0 Å². The van der Waals surface area contributed by atoms with Crippen LogP contribution in [0.3, 0.4) is 0 Å². The van der Waals surface area contributed by atoms with Gasteiger partial charge in [0.25, 0.3) is 0 Å². The summed E-state index contributed by atoms with van der Waals surface area (Å²) < 4.78 is 16.9. The zero-order valence-electron chi connectivity index (χ0n) is 21.0. The lowest BCUT2D eigenvalue weighted by molar-refractivity contribution is -0.139. The van der Waals surface area contributed by atoms with Crippen LogP contribution in [0.2, 0.25) is 0 Å². The minimum atomic E-state index is -0.238. The van der Waals surface area contributed by atoms with Gasteiger partial charge in [-0.15, -0.1) is 0 Å². The highest BCUT2D eigenvalue weighted by atomic mass is 16.5. The summed E-state index contributed by atoms with van der Waals surface area (Å²) in [4.78, 5) is 14.2. The molecule has 5 nitrogen and oxygen atoms in total. The minimum absolute atomic E-state index is 0.238. The third-order valence-electron chi connectivity index (χ3n) is 6.97. The van der Waals surface area contributed by atoms with E-state index in [0.29, 0.717) is 5.92 Å². The van der Waals surface area contributed by atoms with Gasteiger partial charge >= 0.3 is 5.97 Å². The van der Waals surface area contributed by atoms with Crippen molar-refractivity contribution in [2.75, 3.05) is 26.8 Å². The number of para-hydroxylation sites is 1. The topological polar surface area (TPSA) is 51.9 Å². The second kappa shape index (κ2) is 11.0. The van der Waals surface area contributed by atoms with Crippen LogP contribution in [0.5, 0.6) is 5.75 Å². The second-order valence-electron chi connectivity index (χ2n) is 9.64. The normalized spacial score (nSPS) is 13.5. The maximum absolute atomic E-state index is 11.7. The number of fused-ring (bicyclic) bond motifs is 2. The van der Waals surface area contributed by atoms with Crippen LogP contribution in [0, 0.1) is 0 Å². The average Bonchev–Trinajstić information content (AvgIpc) is 3.54. The van der Waals surface area contributed by atoms with E-state index in [1.54, 1.807) is 0 Å². The highest BCUT2D eigenvalue weighted by Crippen LogP contribution is 2.31. The molecule has 0 aliphatic carbocycles. The summed E-state index contributed by atoms with van der Waals surface area (Å²) >= 11 is 0. The summed E-state index contributed by atoms with van der Waals surface area (Å²) in [6.45, 7) is 5.71. The molecule has 5 rings (SSSR count). The van der Waals surface area contributed by atoms with E-state index >= 15 is 0 Å². The third kappa shape index (κ3) is 5.63. The summed E-state index contributed by atoms with van der Waals surface area (Å²) in [5.74, 6) is 2.18. The SMILES string of the molecule is COC(=O)Cc1ccc2oc(CCN(Cc3cccc4c3OCC4)C[C@@H](C)c3ccccc3)cc2c1. The van der Waals surface area contributed by atoms with E-state index in [2.05, 4.69) is 66.4 Å². The van der Waals surface area contributed by atoms with Gasteiger partial charge in [0.2, 0.25) is 0 Å². The smallest absolute Gasteiger partial charge is 0.309 e. The first kappa shape index (κ1) is 24.1. The van der Waals surface area contributed by atoms with Crippen LogP contribution in [0.25, 0.3) is 11.0 Å². The molecular formula is C31H33NO4. The first-order valence-electron chi connectivity index (χ1n) is 12.7. The first-order chi connectivity index (χ1) is 17.6. The molecule has 0 saturated carbocycles. The number of hydrogen-bond acceptors (Lipinski definition) is 5. The maximum Gasteiger partial charge on any atom is 0.309 e. The van der Waals surface area contributed by atoms with Gasteiger partial charge in [-0.1, -0.05) is 61.5 Å². The second-order valence-corrected chi connectivity index (χ2v) is 9.64. The molecule has 1 aliphatic rings. The van der Waals surface area contributed by atoms with E-state index in [1.807, 2.05) is 18.2 Å². The average molecular weight is 484 g/mol. The Morgan fingerprint density at radius 3 is 2.75 bits per heavy atom. The molecule has 0 N–H and O–H groups in total. The molecular weight excluding hydrogens is 450 g/mol. The molecule has 2 heterocycles. The van der Waals surface area contributed by atoms with Crippen LogP contribution in [0.15, 0.2) is 77.2 Å². The zero-order valence-corrected chi connectivity index (χ0v) is 21.0. The number of furan rings is 1. The van der Waals surface area contributed by atoms with Crippen LogP contribution < -0.4 is 4.74 Å². The van der Waals surface area contributed by atoms with Crippen molar-refractivity contribution in [1.82, 2.24) is 4.90 Å². The van der Waals surface area contributed by atoms with E-state index in [-0.39, 0.29) is 12.4 Å². The van der Waals surface area contributed by atoms with Gasteiger partial charge < -0.3 is 13.9 Å². The molecule has 0 unspecified atom stereocenters. The van der Waals surface area contributed by atoms with Crippen molar-refractivity contribution < 1.29 is 18.7 Å². The van der Waals surface area contributed by atoms with Gasteiger partial charge in [0.15, 0.2) is 0 Å². The standard InChI is InChI=1S/C31H33NO4/c1-22(24-7-4-3-5-8-24)20-32(21-26-10-6-9-25-14-16-35-31(25)26)15-13-28-19-27-17-23(18-30(33)34-2)11-12-29(27)36-28/h3-12,17,19,22H,13-16,18,20-21H2,1-2H3/t22-/m1/s1. The molecule has 0 spiro atoms. The highest BCUT2D eigenvalue weighted by Gasteiger charge is 2.20. The summed E-state index contributed by atoms with van der Waals surface area (Å²) in [5, 5.41) is 1.02. The highest BCUT2D eigenvalue weighted by molar-refractivity contribution is 5.81.